The fraction of sp³-hybridized carbons (Fsp3) is 0.0588. The van der Waals surface area contributed by atoms with Gasteiger partial charge in [-0.15, -0.1) is 0 Å². The lowest BCUT2D eigenvalue weighted by molar-refractivity contribution is 0.0695. The van der Waals surface area contributed by atoms with Gasteiger partial charge >= 0.3 is 5.97 Å². The maximum atomic E-state index is 14.2. The summed E-state index contributed by atoms with van der Waals surface area (Å²) in [5.74, 6) is -4.44. The van der Waals surface area contributed by atoms with Crippen molar-refractivity contribution >= 4 is 16.9 Å². The predicted molar refractivity (Wildman–Crippen MR) is 80.6 cm³/mol. The molecule has 4 nitrogen and oxygen atoms in total. The van der Waals surface area contributed by atoms with Gasteiger partial charge in [0.2, 0.25) is 5.43 Å². The molecule has 0 atom stereocenters. The Labute approximate surface area is 133 Å². The Morgan fingerprint density at radius 3 is 2.42 bits per heavy atom. The number of carbonyl (C=O) groups is 1. The van der Waals surface area contributed by atoms with Crippen molar-refractivity contribution in [3.05, 3.63) is 81.4 Å². The molecule has 122 valence electrons. The molecule has 2 aromatic carbocycles. The van der Waals surface area contributed by atoms with E-state index in [2.05, 4.69) is 0 Å². The summed E-state index contributed by atoms with van der Waals surface area (Å²) in [6, 6.07) is 7.17. The van der Waals surface area contributed by atoms with E-state index < -0.39 is 34.4 Å². The fourth-order valence-electron chi connectivity index (χ4n) is 2.55. The Hall–Kier alpha value is -3.09. The van der Waals surface area contributed by atoms with Gasteiger partial charge in [0.1, 0.15) is 11.4 Å². The third-order valence-electron chi connectivity index (χ3n) is 3.65. The van der Waals surface area contributed by atoms with E-state index in [1.54, 1.807) is 0 Å². The average Bonchev–Trinajstić information content (AvgIpc) is 2.54. The van der Waals surface area contributed by atoms with Crippen LogP contribution in [0.3, 0.4) is 0 Å². The van der Waals surface area contributed by atoms with E-state index >= 15 is 0 Å². The quantitative estimate of drug-likeness (QED) is 0.801. The van der Waals surface area contributed by atoms with E-state index in [0.717, 1.165) is 22.9 Å². The first-order valence-corrected chi connectivity index (χ1v) is 6.88. The van der Waals surface area contributed by atoms with Crippen molar-refractivity contribution in [2.75, 3.05) is 0 Å². The zero-order valence-corrected chi connectivity index (χ0v) is 12.1. The molecule has 0 fully saturated rings. The lowest BCUT2D eigenvalue weighted by atomic mass is 10.1. The van der Waals surface area contributed by atoms with E-state index in [-0.39, 0.29) is 23.0 Å². The molecule has 0 aliphatic heterocycles. The number of aromatic nitrogens is 1. The second kappa shape index (κ2) is 5.84. The van der Waals surface area contributed by atoms with Crippen LogP contribution in [0.15, 0.2) is 47.4 Å². The van der Waals surface area contributed by atoms with Crippen LogP contribution < -0.4 is 5.43 Å². The molecule has 0 aliphatic rings. The summed E-state index contributed by atoms with van der Waals surface area (Å²) in [7, 11) is 0. The summed E-state index contributed by atoms with van der Waals surface area (Å²) in [5, 5.41) is 9.00. The number of carboxylic acid groups (broad SMARTS) is 1. The minimum atomic E-state index is -1.49. The standard InChI is InChI=1S/C17H10F3NO3/c18-12-5-1-3-9(14(12)20)7-21-8-11(17(23)24)16(22)10-4-2-6-13(19)15(10)21/h1-6,8H,7H2,(H,23,24). The number of para-hydroxylation sites is 1. The molecule has 3 rings (SSSR count). The largest absolute Gasteiger partial charge is 0.477 e. The molecule has 3 aromatic rings. The molecule has 1 N–H and O–H groups in total. The Kier molecular flexibility index (Phi) is 3.84. The van der Waals surface area contributed by atoms with Crippen molar-refractivity contribution < 1.29 is 23.1 Å². The molecule has 0 amide bonds. The van der Waals surface area contributed by atoms with E-state index in [1.807, 2.05) is 0 Å². The Morgan fingerprint density at radius 2 is 1.71 bits per heavy atom. The summed E-state index contributed by atoms with van der Waals surface area (Å²) < 4.78 is 42.5. The SMILES string of the molecule is O=C(O)c1cn(Cc2cccc(F)c2F)c2c(F)cccc2c1=O. The minimum absolute atomic E-state index is 0.0976. The number of benzene rings is 2. The molecule has 0 bridgehead atoms. The predicted octanol–water partition coefficient (Wildman–Crippen LogP) is 3.17. The summed E-state index contributed by atoms with van der Waals surface area (Å²) in [6.07, 6.45) is 0.931. The van der Waals surface area contributed by atoms with Gasteiger partial charge in [0.25, 0.3) is 0 Å². The highest BCUT2D eigenvalue weighted by atomic mass is 19.2. The highest BCUT2D eigenvalue weighted by Crippen LogP contribution is 2.19. The molecule has 0 spiro atoms. The number of nitrogens with zero attached hydrogens (tertiary/aromatic N) is 1. The Bertz CT molecular complexity index is 1030. The lowest BCUT2D eigenvalue weighted by Gasteiger charge is -2.13. The zero-order valence-electron chi connectivity index (χ0n) is 12.1. The van der Waals surface area contributed by atoms with Crippen molar-refractivity contribution in [3.63, 3.8) is 0 Å². The topological polar surface area (TPSA) is 59.3 Å². The van der Waals surface area contributed by atoms with Crippen LogP contribution in [-0.2, 0) is 6.54 Å². The number of aromatic carboxylic acids is 1. The maximum Gasteiger partial charge on any atom is 0.341 e. The van der Waals surface area contributed by atoms with Crippen LogP contribution in [0.25, 0.3) is 10.9 Å². The summed E-state index contributed by atoms with van der Waals surface area (Å²) in [5.41, 5.74) is -1.69. The van der Waals surface area contributed by atoms with Gasteiger partial charge in [-0.25, -0.2) is 18.0 Å². The first-order chi connectivity index (χ1) is 11.4. The van der Waals surface area contributed by atoms with Crippen LogP contribution in [0, 0.1) is 17.5 Å². The van der Waals surface area contributed by atoms with Crippen molar-refractivity contribution in [1.82, 2.24) is 4.57 Å². The monoisotopic (exact) mass is 333 g/mol. The van der Waals surface area contributed by atoms with Crippen LogP contribution in [0.1, 0.15) is 15.9 Å². The van der Waals surface area contributed by atoms with E-state index in [0.29, 0.717) is 0 Å². The van der Waals surface area contributed by atoms with Crippen molar-refractivity contribution in [3.8, 4) is 0 Å². The molecular weight excluding hydrogens is 323 g/mol. The zero-order chi connectivity index (χ0) is 17.4. The van der Waals surface area contributed by atoms with Crippen LogP contribution in [0.4, 0.5) is 13.2 Å². The highest BCUT2D eigenvalue weighted by Gasteiger charge is 2.18. The molecule has 0 saturated heterocycles. The molecule has 7 heteroatoms. The highest BCUT2D eigenvalue weighted by molar-refractivity contribution is 5.92. The van der Waals surface area contributed by atoms with Crippen LogP contribution >= 0.6 is 0 Å². The molecular formula is C17H10F3NO3. The minimum Gasteiger partial charge on any atom is -0.477 e. The van der Waals surface area contributed by atoms with Gasteiger partial charge in [0, 0.05) is 17.1 Å². The van der Waals surface area contributed by atoms with Gasteiger partial charge < -0.3 is 9.67 Å². The normalized spacial score (nSPS) is 11.0. The number of fused-ring (bicyclic) bond motifs is 1. The third kappa shape index (κ3) is 2.54. The van der Waals surface area contributed by atoms with E-state index in [1.165, 1.54) is 24.3 Å². The maximum absolute atomic E-state index is 14.2. The summed E-state index contributed by atoms with van der Waals surface area (Å²) >= 11 is 0. The average molecular weight is 333 g/mol. The van der Waals surface area contributed by atoms with Gasteiger partial charge in [0.05, 0.1) is 12.1 Å². The van der Waals surface area contributed by atoms with Gasteiger partial charge in [-0.1, -0.05) is 18.2 Å². The van der Waals surface area contributed by atoms with Crippen LogP contribution in [0.5, 0.6) is 0 Å². The van der Waals surface area contributed by atoms with Crippen molar-refractivity contribution in [1.29, 1.82) is 0 Å². The second-order valence-corrected chi connectivity index (χ2v) is 5.15. The number of hydrogen-bond acceptors (Lipinski definition) is 2. The molecule has 0 unspecified atom stereocenters. The van der Waals surface area contributed by atoms with Gasteiger partial charge in [-0.3, -0.25) is 4.79 Å². The van der Waals surface area contributed by atoms with E-state index in [4.69, 9.17) is 5.11 Å². The summed E-state index contributed by atoms with van der Waals surface area (Å²) in [6.45, 7) is -0.332. The smallest absolute Gasteiger partial charge is 0.341 e. The van der Waals surface area contributed by atoms with Gasteiger partial charge in [-0.2, -0.15) is 0 Å². The van der Waals surface area contributed by atoms with Crippen molar-refractivity contribution in [2.24, 2.45) is 0 Å². The molecule has 24 heavy (non-hydrogen) atoms. The van der Waals surface area contributed by atoms with Crippen molar-refractivity contribution in [2.45, 2.75) is 6.54 Å². The molecule has 0 radical (unpaired) electrons. The third-order valence-corrected chi connectivity index (χ3v) is 3.65. The number of carboxylic acids is 1. The Balaban J connectivity index is 2.30. The second-order valence-electron chi connectivity index (χ2n) is 5.15. The summed E-state index contributed by atoms with van der Waals surface area (Å²) in [4.78, 5) is 23.4. The number of hydrogen-bond donors (Lipinski definition) is 1. The number of halogens is 3. The van der Waals surface area contributed by atoms with Gasteiger partial charge in [0.15, 0.2) is 11.6 Å². The van der Waals surface area contributed by atoms with E-state index in [9.17, 15) is 22.8 Å². The Morgan fingerprint density at radius 1 is 1.04 bits per heavy atom. The first-order valence-electron chi connectivity index (χ1n) is 6.88. The number of rotatable bonds is 3. The fourth-order valence-corrected chi connectivity index (χ4v) is 2.55. The molecule has 1 heterocycles. The lowest BCUT2D eigenvalue weighted by Crippen LogP contribution is -2.20. The molecule has 0 aliphatic carbocycles. The number of pyridine rings is 1. The van der Waals surface area contributed by atoms with Crippen LogP contribution in [0.2, 0.25) is 0 Å². The van der Waals surface area contributed by atoms with Crippen LogP contribution in [-0.4, -0.2) is 15.6 Å². The molecule has 1 aromatic heterocycles. The van der Waals surface area contributed by atoms with Gasteiger partial charge in [-0.05, 0) is 18.2 Å². The molecule has 0 saturated carbocycles. The first kappa shape index (κ1) is 15.8.